The molecule has 0 heterocycles. The molecule has 8 nitrogen and oxygen atoms in total. The van der Waals surface area contributed by atoms with Crippen LogP contribution in [-0.2, 0) is 4.79 Å². The number of aliphatic carboxylic acids is 1. The summed E-state index contributed by atoms with van der Waals surface area (Å²) in [7, 11) is 0. The minimum Gasteiger partial charge on any atom is -0.480 e. The Morgan fingerprint density at radius 3 is 2.47 bits per heavy atom. The number of nitrogens with zero attached hydrogens (tertiary/aromatic N) is 1. The lowest BCUT2D eigenvalue weighted by atomic mass is 10.2. The largest absolute Gasteiger partial charge is 0.480 e. The number of hydrogen-bond acceptors (Lipinski definition) is 3. The van der Waals surface area contributed by atoms with E-state index in [4.69, 9.17) is 22.3 Å². The molecule has 0 saturated heterocycles. The molecule has 2 amide bonds. The summed E-state index contributed by atoms with van der Waals surface area (Å²) >= 11 is 0. The van der Waals surface area contributed by atoms with Gasteiger partial charge in [-0.3, -0.25) is 4.79 Å². The molecule has 0 aromatic rings. The SMILES string of the molecule is NC(N)=NC(=O)NCCC[C@H](N)C(=O)O. The van der Waals surface area contributed by atoms with Crippen molar-refractivity contribution in [1.82, 2.24) is 5.32 Å². The lowest BCUT2D eigenvalue weighted by Gasteiger charge is -2.05. The van der Waals surface area contributed by atoms with E-state index in [1.807, 2.05) is 0 Å². The van der Waals surface area contributed by atoms with E-state index in [9.17, 15) is 9.59 Å². The summed E-state index contributed by atoms with van der Waals surface area (Å²) in [5.74, 6) is -1.39. The maximum Gasteiger partial charge on any atom is 0.344 e. The number of carboxylic acids is 1. The van der Waals surface area contributed by atoms with Crippen molar-refractivity contribution < 1.29 is 14.7 Å². The molecule has 0 spiro atoms. The fraction of sp³-hybridized carbons (Fsp3) is 0.571. The molecule has 0 saturated carbocycles. The van der Waals surface area contributed by atoms with Crippen LogP contribution in [-0.4, -0.2) is 35.7 Å². The van der Waals surface area contributed by atoms with E-state index in [0.717, 1.165) is 0 Å². The van der Waals surface area contributed by atoms with Gasteiger partial charge < -0.3 is 27.6 Å². The first-order chi connectivity index (χ1) is 6.93. The number of carbonyl (C=O) groups excluding carboxylic acids is 1. The van der Waals surface area contributed by atoms with Gasteiger partial charge in [-0.25, -0.2) is 4.79 Å². The van der Waals surface area contributed by atoms with Crippen molar-refractivity contribution in [1.29, 1.82) is 0 Å². The third-order valence-electron chi connectivity index (χ3n) is 1.52. The first-order valence-electron chi connectivity index (χ1n) is 4.29. The van der Waals surface area contributed by atoms with Crippen LogP contribution in [0.5, 0.6) is 0 Å². The molecule has 0 rings (SSSR count). The maximum absolute atomic E-state index is 10.8. The zero-order valence-corrected chi connectivity index (χ0v) is 8.14. The Labute approximate surface area is 86.5 Å². The second kappa shape index (κ2) is 6.60. The molecule has 0 aliphatic carbocycles. The summed E-state index contributed by atoms with van der Waals surface area (Å²) in [6.07, 6.45) is 0.719. The summed E-state index contributed by atoms with van der Waals surface area (Å²) < 4.78 is 0. The highest BCUT2D eigenvalue weighted by atomic mass is 16.4. The summed E-state index contributed by atoms with van der Waals surface area (Å²) in [5, 5.41) is 10.8. The van der Waals surface area contributed by atoms with Gasteiger partial charge in [0.2, 0.25) is 0 Å². The van der Waals surface area contributed by atoms with Crippen LogP contribution in [0, 0.1) is 0 Å². The average molecular weight is 217 g/mol. The zero-order chi connectivity index (χ0) is 11.8. The van der Waals surface area contributed by atoms with Crippen molar-refractivity contribution in [2.24, 2.45) is 22.2 Å². The number of amides is 2. The lowest BCUT2D eigenvalue weighted by Crippen LogP contribution is -2.32. The Morgan fingerprint density at radius 2 is 2.00 bits per heavy atom. The number of carbonyl (C=O) groups is 2. The fourth-order valence-corrected chi connectivity index (χ4v) is 0.798. The van der Waals surface area contributed by atoms with Gasteiger partial charge in [-0.1, -0.05) is 0 Å². The van der Waals surface area contributed by atoms with E-state index in [1.165, 1.54) is 0 Å². The highest BCUT2D eigenvalue weighted by Gasteiger charge is 2.10. The summed E-state index contributed by atoms with van der Waals surface area (Å²) in [5.41, 5.74) is 15.1. The van der Waals surface area contributed by atoms with E-state index in [2.05, 4.69) is 10.3 Å². The Balaban J connectivity index is 3.59. The van der Waals surface area contributed by atoms with Crippen LogP contribution in [0.3, 0.4) is 0 Å². The van der Waals surface area contributed by atoms with Crippen molar-refractivity contribution in [3.05, 3.63) is 0 Å². The number of guanidine groups is 1. The number of urea groups is 1. The van der Waals surface area contributed by atoms with Crippen molar-refractivity contribution in [2.45, 2.75) is 18.9 Å². The monoisotopic (exact) mass is 217 g/mol. The van der Waals surface area contributed by atoms with Gasteiger partial charge in [0.1, 0.15) is 6.04 Å². The lowest BCUT2D eigenvalue weighted by molar-refractivity contribution is -0.138. The molecule has 8 N–H and O–H groups in total. The van der Waals surface area contributed by atoms with Gasteiger partial charge in [0.05, 0.1) is 0 Å². The molecule has 0 unspecified atom stereocenters. The van der Waals surface area contributed by atoms with Crippen LogP contribution in [0.4, 0.5) is 4.79 Å². The van der Waals surface area contributed by atoms with Gasteiger partial charge in [0.25, 0.3) is 0 Å². The number of hydrogen-bond donors (Lipinski definition) is 5. The number of nitrogens with two attached hydrogens (primary N) is 3. The molecule has 15 heavy (non-hydrogen) atoms. The van der Waals surface area contributed by atoms with E-state index >= 15 is 0 Å². The molecule has 0 aliphatic rings. The molecule has 8 heteroatoms. The van der Waals surface area contributed by atoms with E-state index in [0.29, 0.717) is 6.42 Å². The van der Waals surface area contributed by atoms with Gasteiger partial charge in [0.15, 0.2) is 5.96 Å². The van der Waals surface area contributed by atoms with Gasteiger partial charge in [-0.15, -0.1) is 0 Å². The molecule has 0 fully saturated rings. The predicted molar refractivity (Wildman–Crippen MR) is 54.1 cm³/mol. The molecule has 0 aromatic carbocycles. The maximum atomic E-state index is 10.8. The van der Waals surface area contributed by atoms with Crippen molar-refractivity contribution in [2.75, 3.05) is 6.54 Å². The Hall–Kier alpha value is -1.83. The molecule has 0 aromatic heterocycles. The van der Waals surface area contributed by atoms with E-state index in [-0.39, 0.29) is 18.9 Å². The summed E-state index contributed by atoms with van der Waals surface area (Å²) in [6.45, 7) is 0.274. The molecule has 0 bridgehead atoms. The van der Waals surface area contributed by atoms with Gasteiger partial charge in [-0.2, -0.15) is 4.99 Å². The topological polar surface area (TPSA) is 157 Å². The minimum absolute atomic E-state index is 0.274. The highest BCUT2D eigenvalue weighted by molar-refractivity contribution is 5.90. The van der Waals surface area contributed by atoms with Gasteiger partial charge >= 0.3 is 12.0 Å². The average Bonchev–Trinajstić information content (AvgIpc) is 2.10. The Kier molecular flexibility index (Phi) is 5.79. The second-order valence-corrected chi connectivity index (χ2v) is 2.86. The Bertz CT molecular complexity index is 261. The first-order valence-corrected chi connectivity index (χ1v) is 4.29. The number of rotatable bonds is 5. The Morgan fingerprint density at radius 1 is 1.40 bits per heavy atom. The number of carboxylic acid groups (broad SMARTS) is 1. The molecular weight excluding hydrogens is 202 g/mol. The number of nitrogens with one attached hydrogen (secondary N) is 1. The zero-order valence-electron chi connectivity index (χ0n) is 8.14. The molecule has 0 aliphatic heterocycles. The van der Waals surface area contributed by atoms with E-state index < -0.39 is 18.0 Å². The van der Waals surface area contributed by atoms with Crippen LogP contribution >= 0.6 is 0 Å². The van der Waals surface area contributed by atoms with Crippen LogP contribution in [0.2, 0.25) is 0 Å². The third kappa shape index (κ3) is 7.26. The summed E-state index contributed by atoms with van der Waals surface area (Å²) in [6, 6.07) is -1.57. The van der Waals surface area contributed by atoms with E-state index in [1.54, 1.807) is 0 Å². The quantitative estimate of drug-likeness (QED) is 0.207. The standard InChI is InChI=1S/C7H15N5O3/c8-4(5(13)14)2-1-3-11-7(15)12-6(9)10/h4H,1-3,8H2,(H,13,14)(H5,9,10,11,12,15)/t4-/m0/s1. The minimum atomic E-state index is -1.06. The molecule has 1 atom stereocenters. The highest BCUT2D eigenvalue weighted by Crippen LogP contribution is 1.93. The molecule has 0 radical (unpaired) electrons. The molecular formula is C7H15N5O3. The van der Waals surface area contributed by atoms with Crippen LogP contribution in [0.25, 0.3) is 0 Å². The van der Waals surface area contributed by atoms with Crippen LogP contribution in [0.15, 0.2) is 4.99 Å². The summed E-state index contributed by atoms with van der Waals surface area (Å²) in [4.78, 5) is 24.3. The smallest absolute Gasteiger partial charge is 0.344 e. The van der Waals surface area contributed by atoms with Crippen LogP contribution in [0.1, 0.15) is 12.8 Å². The second-order valence-electron chi connectivity index (χ2n) is 2.86. The van der Waals surface area contributed by atoms with Crippen molar-refractivity contribution in [3.63, 3.8) is 0 Å². The van der Waals surface area contributed by atoms with Gasteiger partial charge in [-0.05, 0) is 12.8 Å². The first kappa shape index (κ1) is 13.2. The van der Waals surface area contributed by atoms with Gasteiger partial charge in [0, 0.05) is 6.54 Å². The predicted octanol–water partition coefficient (Wildman–Crippen LogP) is -1.84. The number of aliphatic imine (C=N–C) groups is 1. The fourth-order valence-electron chi connectivity index (χ4n) is 0.798. The molecule has 86 valence electrons. The van der Waals surface area contributed by atoms with Crippen molar-refractivity contribution in [3.8, 4) is 0 Å². The third-order valence-corrected chi connectivity index (χ3v) is 1.52. The van der Waals surface area contributed by atoms with Crippen LogP contribution < -0.4 is 22.5 Å². The van der Waals surface area contributed by atoms with Crippen molar-refractivity contribution >= 4 is 18.0 Å². The normalized spacial score (nSPS) is 11.5.